The summed E-state index contributed by atoms with van der Waals surface area (Å²) in [5.74, 6) is 1.28. The van der Waals surface area contributed by atoms with Crippen LogP contribution < -0.4 is 4.90 Å². The van der Waals surface area contributed by atoms with Crippen molar-refractivity contribution in [2.24, 2.45) is 0 Å². The van der Waals surface area contributed by atoms with E-state index in [-0.39, 0.29) is 12.2 Å². The second-order valence-electron chi connectivity index (χ2n) is 10.9. The summed E-state index contributed by atoms with van der Waals surface area (Å²) in [6.07, 6.45) is 19.8. The normalized spacial score (nSPS) is 23.4. The molecule has 3 aliphatic rings. The fourth-order valence-electron chi connectivity index (χ4n) is 6.38. The van der Waals surface area contributed by atoms with E-state index in [4.69, 9.17) is 29.7 Å². The van der Waals surface area contributed by atoms with Crippen LogP contribution in [0.1, 0.15) is 102 Å². The van der Waals surface area contributed by atoms with Gasteiger partial charge in [0.15, 0.2) is 5.65 Å². The average Bonchev–Trinajstić information content (AvgIpc) is 3.46. The Morgan fingerprint density at radius 3 is 2.25 bits per heavy atom. The molecule has 1 aliphatic carbocycles. The summed E-state index contributed by atoms with van der Waals surface area (Å²) in [6.45, 7) is 6.13. The number of imidazole rings is 1. The van der Waals surface area contributed by atoms with Crippen LogP contribution in [0.15, 0.2) is 18.7 Å². The van der Waals surface area contributed by atoms with Crippen molar-refractivity contribution in [1.82, 2.24) is 29.5 Å². The molecule has 5 heterocycles. The molecule has 0 amide bonds. The molecule has 36 heavy (non-hydrogen) atoms. The van der Waals surface area contributed by atoms with Gasteiger partial charge in [-0.2, -0.15) is 4.98 Å². The van der Waals surface area contributed by atoms with Gasteiger partial charge >= 0.3 is 0 Å². The lowest BCUT2D eigenvalue weighted by atomic mass is 9.89. The summed E-state index contributed by atoms with van der Waals surface area (Å²) in [5, 5.41) is 0. The van der Waals surface area contributed by atoms with Crippen LogP contribution in [0.25, 0.3) is 22.6 Å². The second kappa shape index (κ2) is 10.4. The highest BCUT2D eigenvalue weighted by Crippen LogP contribution is 2.34. The average molecular weight is 490 g/mol. The molecule has 3 aromatic heterocycles. The molecule has 3 fully saturated rings. The summed E-state index contributed by atoms with van der Waals surface area (Å²) < 4.78 is 8.31. The van der Waals surface area contributed by atoms with Crippen molar-refractivity contribution >= 4 is 17.1 Å². The van der Waals surface area contributed by atoms with Crippen molar-refractivity contribution in [2.45, 2.75) is 109 Å². The third kappa shape index (κ3) is 4.60. The smallest absolute Gasteiger partial charge is 0.228 e. The summed E-state index contributed by atoms with van der Waals surface area (Å²) >= 11 is 0. The van der Waals surface area contributed by atoms with Crippen molar-refractivity contribution in [1.29, 1.82) is 0 Å². The van der Waals surface area contributed by atoms with Crippen LogP contribution in [0, 0.1) is 0 Å². The number of hydrogen-bond donors (Lipinski definition) is 0. The molecule has 192 valence electrons. The van der Waals surface area contributed by atoms with Gasteiger partial charge in [-0.1, -0.05) is 46.0 Å². The van der Waals surface area contributed by atoms with Crippen molar-refractivity contribution in [2.75, 3.05) is 18.0 Å². The molecule has 0 N–H and O–H groups in total. The fraction of sp³-hybridized carbons (Fsp3) is 0.679. The first-order valence-electron chi connectivity index (χ1n) is 14.2. The monoisotopic (exact) mass is 489 g/mol. The third-order valence-electron chi connectivity index (χ3n) is 8.51. The SMILES string of the molecule is CCC(CC)n1cnc2c(-c3cnc(C4CCCCCCC4)cn3)nc(N3CC4CCC(C3)O4)nc21. The topological polar surface area (TPSA) is 81.9 Å². The van der Waals surface area contributed by atoms with Crippen LogP contribution in [0.2, 0.25) is 0 Å². The Labute approximate surface area is 213 Å². The Hall–Kier alpha value is -2.61. The standard InChI is InChI=1S/C28H39N7O/c1-3-20(4-2)35-18-31-26-25(24-15-29-23(14-30-24)19-10-8-6-5-7-9-11-19)32-28(33-27(26)35)34-16-21-12-13-22(17-34)36-21/h14-15,18-22H,3-13,16-17H2,1-2H3. The molecule has 2 saturated heterocycles. The largest absolute Gasteiger partial charge is 0.371 e. The Balaban J connectivity index is 1.38. The van der Waals surface area contributed by atoms with Crippen LogP contribution in [0.3, 0.4) is 0 Å². The van der Waals surface area contributed by atoms with Gasteiger partial charge < -0.3 is 14.2 Å². The zero-order valence-electron chi connectivity index (χ0n) is 21.8. The molecule has 8 heteroatoms. The van der Waals surface area contributed by atoms with Gasteiger partial charge in [-0.25, -0.2) is 9.97 Å². The first kappa shape index (κ1) is 23.8. The summed E-state index contributed by atoms with van der Waals surface area (Å²) in [7, 11) is 0. The molecule has 1 saturated carbocycles. The minimum Gasteiger partial charge on any atom is -0.371 e. The number of anilines is 1. The molecule has 0 spiro atoms. The van der Waals surface area contributed by atoms with Crippen molar-refractivity contribution in [3.63, 3.8) is 0 Å². The van der Waals surface area contributed by atoms with E-state index in [1.165, 1.54) is 44.9 Å². The molecule has 2 atom stereocenters. The maximum atomic E-state index is 6.08. The third-order valence-corrected chi connectivity index (χ3v) is 8.51. The van der Waals surface area contributed by atoms with Gasteiger partial charge in [0.05, 0.1) is 30.4 Å². The lowest BCUT2D eigenvalue weighted by molar-refractivity contribution is 0.0299. The fourth-order valence-corrected chi connectivity index (χ4v) is 6.38. The number of nitrogens with zero attached hydrogens (tertiary/aromatic N) is 7. The van der Waals surface area contributed by atoms with Gasteiger partial charge in [-0.15, -0.1) is 0 Å². The number of aromatic nitrogens is 6. The summed E-state index contributed by atoms with van der Waals surface area (Å²) in [4.78, 5) is 27.1. The van der Waals surface area contributed by atoms with E-state index >= 15 is 0 Å². The van der Waals surface area contributed by atoms with E-state index in [2.05, 4.69) is 23.3 Å². The predicted molar refractivity (Wildman–Crippen MR) is 141 cm³/mol. The Morgan fingerprint density at radius 2 is 1.58 bits per heavy atom. The quantitative estimate of drug-likeness (QED) is 0.430. The lowest BCUT2D eigenvalue weighted by Gasteiger charge is -2.32. The summed E-state index contributed by atoms with van der Waals surface area (Å²) in [6, 6.07) is 0.360. The van der Waals surface area contributed by atoms with Crippen LogP contribution in [-0.2, 0) is 4.74 Å². The van der Waals surface area contributed by atoms with E-state index in [9.17, 15) is 0 Å². The molecular weight excluding hydrogens is 450 g/mol. The zero-order valence-corrected chi connectivity index (χ0v) is 21.8. The Morgan fingerprint density at radius 1 is 0.861 bits per heavy atom. The maximum Gasteiger partial charge on any atom is 0.228 e. The van der Waals surface area contributed by atoms with Crippen LogP contribution in [0.4, 0.5) is 5.95 Å². The van der Waals surface area contributed by atoms with Gasteiger partial charge in [-0.05, 0) is 38.5 Å². The van der Waals surface area contributed by atoms with Crippen LogP contribution >= 0.6 is 0 Å². The molecular formula is C28H39N7O. The number of rotatable bonds is 6. The Bertz CT molecular complexity index is 1150. The highest BCUT2D eigenvalue weighted by atomic mass is 16.5. The lowest BCUT2D eigenvalue weighted by Crippen LogP contribution is -2.43. The van der Waals surface area contributed by atoms with Crippen molar-refractivity contribution in [3.05, 3.63) is 24.4 Å². The molecule has 0 radical (unpaired) electrons. The molecule has 2 unspecified atom stereocenters. The van der Waals surface area contributed by atoms with E-state index in [0.29, 0.717) is 12.0 Å². The minimum absolute atomic E-state index is 0.276. The highest BCUT2D eigenvalue weighted by Gasteiger charge is 2.35. The molecule has 0 aromatic carbocycles. The molecule has 3 aromatic rings. The van der Waals surface area contributed by atoms with Gasteiger partial charge in [0.25, 0.3) is 0 Å². The summed E-state index contributed by atoms with van der Waals surface area (Å²) in [5.41, 5.74) is 4.40. The van der Waals surface area contributed by atoms with Crippen LogP contribution in [-0.4, -0.2) is 54.8 Å². The van der Waals surface area contributed by atoms with Gasteiger partial charge in [0, 0.05) is 31.2 Å². The number of morpholine rings is 1. The highest BCUT2D eigenvalue weighted by molar-refractivity contribution is 5.87. The first-order valence-corrected chi connectivity index (χ1v) is 14.2. The van der Waals surface area contributed by atoms with E-state index in [1.54, 1.807) is 0 Å². The number of fused-ring (bicyclic) bond motifs is 3. The van der Waals surface area contributed by atoms with Gasteiger partial charge in [0.2, 0.25) is 5.95 Å². The van der Waals surface area contributed by atoms with Crippen molar-refractivity contribution < 1.29 is 4.74 Å². The Kier molecular flexibility index (Phi) is 6.87. The first-order chi connectivity index (χ1) is 17.7. The molecule has 8 nitrogen and oxygen atoms in total. The van der Waals surface area contributed by atoms with Crippen molar-refractivity contribution in [3.8, 4) is 11.4 Å². The second-order valence-corrected chi connectivity index (χ2v) is 10.9. The minimum atomic E-state index is 0.276. The molecule has 2 aliphatic heterocycles. The number of ether oxygens (including phenoxy) is 1. The zero-order chi connectivity index (χ0) is 24.5. The molecule has 6 rings (SSSR count). The van der Waals surface area contributed by atoms with Crippen LogP contribution in [0.5, 0.6) is 0 Å². The van der Waals surface area contributed by atoms with E-state index < -0.39 is 0 Å². The number of hydrogen-bond acceptors (Lipinski definition) is 7. The van der Waals surface area contributed by atoms with Gasteiger partial charge in [0.1, 0.15) is 16.9 Å². The predicted octanol–water partition coefficient (Wildman–Crippen LogP) is 5.84. The molecule has 2 bridgehead atoms. The van der Waals surface area contributed by atoms with Gasteiger partial charge in [-0.3, -0.25) is 9.97 Å². The maximum absolute atomic E-state index is 6.08. The van der Waals surface area contributed by atoms with E-state index in [1.807, 2.05) is 18.7 Å². The van der Waals surface area contributed by atoms with E-state index in [0.717, 1.165) is 73.0 Å².